The van der Waals surface area contributed by atoms with Crippen LogP contribution in [0.15, 0.2) is 23.2 Å². The number of primary amides is 1. The van der Waals surface area contributed by atoms with Gasteiger partial charge in [-0.05, 0) is 31.2 Å². The number of para-hydroxylation sites is 1. The number of hydrogen-bond donors (Lipinski definition) is 2. The molecule has 0 saturated carbocycles. The third kappa shape index (κ3) is 3.27. The summed E-state index contributed by atoms with van der Waals surface area (Å²) in [5, 5.41) is 2.99. The standard InChI is InChI=1S/C11H15N3OS/c1-7-5-4-6-8(2)9(7)13-11(16-3)14-10(12)15/h4-6H,1-3H3,(H3,12,13,14,15). The minimum atomic E-state index is -0.598. The first-order valence-corrected chi connectivity index (χ1v) is 6.02. The molecule has 0 spiro atoms. The molecule has 1 aromatic carbocycles. The molecule has 0 saturated heterocycles. The molecule has 3 N–H and O–H groups in total. The van der Waals surface area contributed by atoms with E-state index in [9.17, 15) is 4.79 Å². The molecule has 0 atom stereocenters. The number of thioether (sulfide) groups is 1. The fourth-order valence-corrected chi connectivity index (χ4v) is 1.70. The van der Waals surface area contributed by atoms with E-state index in [1.165, 1.54) is 11.8 Å². The first kappa shape index (κ1) is 12.6. The molecule has 1 aromatic rings. The summed E-state index contributed by atoms with van der Waals surface area (Å²) in [5.41, 5.74) is 8.06. The monoisotopic (exact) mass is 237 g/mol. The van der Waals surface area contributed by atoms with Gasteiger partial charge in [-0.2, -0.15) is 0 Å². The van der Waals surface area contributed by atoms with Crippen LogP contribution in [0.1, 0.15) is 11.1 Å². The fourth-order valence-electron chi connectivity index (χ4n) is 1.31. The van der Waals surface area contributed by atoms with Crippen molar-refractivity contribution >= 4 is 28.6 Å². The average molecular weight is 237 g/mol. The van der Waals surface area contributed by atoms with E-state index in [1.807, 2.05) is 38.3 Å². The number of hydrogen-bond acceptors (Lipinski definition) is 3. The van der Waals surface area contributed by atoms with Crippen LogP contribution in [0, 0.1) is 13.8 Å². The van der Waals surface area contributed by atoms with Crippen LogP contribution in [-0.2, 0) is 0 Å². The van der Waals surface area contributed by atoms with Crippen LogP contribution >= 0.6 is 11.8 Å². The molecule has 0 bridgehead atoms. The highest BCUT2D eigenvalue weighted by Gasteiger charge is 2.04. The molecule has 1 rings (SSSR count). The van der Waals surface area contributed by atoms with Crippen molar-refractivity contribution in [3.8, 4) is 0 Å². The third-order valence-corrected chi connectivity index (χ3v) is 2.66. The Morgan fingerprint density at radius 2 is 1.94 bits per heavy atom. The summed E-state index contributed by atoms with van der Waals surface area (Å²) in [7, 11) is 0. The fraction of sp³-hybridized carbons (Fsp3) is 0.273. The van der Waals surface area contributed by atoms with Crippen LogP contribution in [0.5, 0.6) is 0 Å². The van der Waals surface area contributed by atoms with E-state index >= 15 is 0 Å². The average Bonchev–Trinajstić information content (AvgIpc) is 2.21. The van der Waals surface area contributed by atoms with Gasteiger partial charge in [0.2, 0.25) is 0 Å². The molecule has 0 aliphatic carbocycles. The highest BCUT2D eigenvalue weighted by molar-refractivity contribution is 8.13. The molecule has 0 aliphatic heterocycles. The van der Waals surface area contributed by atoms with E-state index in [-0.39, 0.29) is 0 Å². The van der Waals surface area contributed by atoms with E-state index in [0.29, 0.717) is 5.17 Å². The predicted octanol–water partition coefficient (Wildman–Crippen LogP) is 2.32. The van der Waals surface area contributed by atoms with Crippen molar-refractivity contribution in [1.82, 2.24) is 5.32 Å². The number of urea groups is 1. The van der Waals surface area contributed by atoms with Gasteiger partial charge in [0.1, 0.15) is 0 Å². The lowest BCUT2D eigenvalue weighted by molar-refractivity contribution is 0.253. The van der Waals surface area contributed by atoms with Gasteiger partial charge in [-0.25, -0.2) is 9.79 Å². The van der Waals surface area contributed by atoms with Crippen molar-refractivity contribution in [3.63, 3.8) is 0 Å². The maximum atomic E-state index is 10.7. The van der Waals surface area contributed by atoms with Crippen molar-refractivity contribution in [2.75, 3.05) is 6.26 Å². The Morgan fingerprint density at radius 3 is 2.38 bits per heavy atom. The second-order valence-corrected chi connectivity index (χ2v) is 4.15. The SMILES string of the molecule is CSC(=Nc1c(C)cccc1C)NC(N)=O. The quantitative estimate of drug-likeness (QED) is 0.581. The largest absolute Gasteiger partial charge is 0.351 e. The maximum absolute atomic E-state index is 10.7. The Bertz CT molecular complexity index is 409. The number of nitrogens with zero attached hydrogens (tertiary/aromatic N) is 1. The number of nitrogens with two attached hydrogens (primary N) is 1. The lowest BCUT2D eigenvalue weighted by Gasteiger charge is -2.07. The van der Waals surface area contributed by atoms with E-state index in [2.05, 4.69) is 10.3 Å². The van der Waals surface area contributed by atoms with Crippen LogP contribution in [0.4, 0.5) is 10.5 Å². The summed E-state index contributed by atoms with van der Waals surface area (Å²) in [6.07, 6.45) is 1.84. The summed E-state index contributed by atoms with van der Waals surface area (Å²) < 4.78 is 0. The third-order valence-electron chi connectivity index (χ3n) is 2.08. The van der Waals surface area contributed by atoms with Crippen LogP contribution in [0.2, 0.25) is 0 Å². The van der Waals surface area contributed by atoms with Gasteiger partial charge in [0.15, 0.2) is 5.17 Å². The highest BCUT2D eigenvalue weighted by atomic mass is 32.2. The highest BCUT2D eigenvalue weighted by Crippen LogP contribution is 2.23. The van der Waals surface area contributed by atoms with Gasteiger partial charge in [0.25, 0.3) is 0 Å². The molecular formula is C11H15N3OS. The lowest BCUT2D eigenvalue weighted by atomic mass is 10.1. The molecule has 0 fully saturated rings. The van der Waals surface area contributed by atoms with Gasteiger partial charge < -0.3 is 5.73 Å². The molecule has 16 heavy (non-hydrogen) atoms. The van der Waals surface area contributed by atoms with Crippen molar-refractivity contribution in [1.29, 1.82) is 0 Å². The van der Waals surface area contributed by atoms with E-state index < -0.39 is 6.03 Å². The summed E-state index contributed by atoms with van der Waals surface area (Å²) in [6, 6.07) is 5.34. The summed E-state index contributed by atoms with van der Waals surface area (Å²) in [6.45, 7) is 3.96. The van der Waals surface area contributed by atoms with Crippen molar-refractivity contribution < 1.29 is 4.79 Å². The number of aryl methyl sites for hydroxylation is 2. The number of carbonyl (C=O) groups excluding carboxylic acids is 1. The van der Waals surface area contributed by atoms with Gasteiger partial charge in [-0.3, -0.25) is 5.32 Å². The van der Waals surface area contributed by atoms with Crippen molar-refractivity contribution in [2.45, 2.75) is 13.8 Å². The number of amides is 2. The minimum Gasteiger partial charge on any atom is -0.351 e. The number of amidine groups is 1. The normalized spacial score (nSPS) is 11.3. The van der Waals surface area contributed by atoms with E-state index in [4.69, 9.17) is 5.73 Å². The number of benzene rings is 1. The second kappa shape index (κ2) is 5.55. The minimum absolute atomic E-state index is 0.505. The molecule has 0 heterocycles. The summed E-state index contributed by atoms with van der Waals surface area (Å²) >= 11 is 1.35. The van der Waals surface area contributed by atoms with Gasteiger partial charge in [-0.1, -0.05) is 30.0 Å². The number of aliphatic imine (C=N–C) groups is 1. The van der Waals surface area contributed by atoms with Crippen LogP contribution in [-0.4, -0.2) is 17.5 Å². The van der Waals surface area contributed by atoms with Crippen LogP contribution in [0.3, 0.4) is 0 Å². The van der Waals surface area contributed by atoms with Crippen LogP contribution in [0.25, 0.3) is 0 Å². The van der Waals surface area contributed by atoms with Crippen LogP contribution < -0.4 is 11.1 Å². The zero-order valence-electron chi connectivity index (χ0n) is 9.57. The zero-order valence-corrected chi connectivity index (χ0v) is 10.4. The molecule has 0 aromatic heterocycles. The Morgan fingerprint density at radius 1 is 1.38 bits per heavy atom. The van der Waals surface area contributed by atoms with Gasteiger partial charge >= 0.3 is 6.03 Å². The molecule has 4 nitrogen and oxygen atoms in total. The van der Waals surface area contributed by atoms with Crippen molar-refractivity contribution in [2.24, 2.45) is 10.7 Å². The Hall–Kier alpha value is -1.49. The predicted molar refractivity (Wildman–Crippen MR) is 69.2 cm³/mol. The smallest absolute Gasteiger partial charge is 0.318 e. The van der Waals surface area contributed by atoms with Gasteiger partial charge in [0.05, 0.1) is 5.69 Å². The molecule has 5 heteroatoms. The Labute approximate surface area is 99.3 Å². The Balaban J connectivity index is 3.08. The summed E-state index contributed by atoms with van der Waals surface area (Å²) in [5.74, 6) is 0. The molecule has 2 amide bonds. The van der Waals surface area contributed by atoms with Crippen molar-refractivity contribution in [3.05, 3.63) is 29.3 Å². The van der Waals surface area contributed by atoms with E-state index in [0.717, 1.165) is 16.8 Å². The topological polar surface area (TPSA) is 67.5 Å². The zero-order chi connectivity index (χ0) is 12.1. The first-order chi connectivity index (χ1) is 7.54. The molecule has 86 valence electrons. The lowest BCUT2D eigenvalue weighted by Crippen LogP contribution is -2.33. The first-order valence-electron chi connectivity index (χ1n) is 4.80. The molecule has 0 aliphatic rings. The number of carbonyl (C=O) groups is 1. The molecule has 0 unspecified atom stereocenters. The van der Waals surface area contributed by atoms with E-state index in [1.54, 1.807) is 0 Å². The van der Waals surface area contributed by atoms with Gasteiger partial charge in [0, 0.05) is 0 Å². The summed E-state index contributed by atoms with van der Waals surface area (Å²) in [4.78, 5) is 15.1. The number of rotatable bonds is 1. The maximum Gasteiger partial charge on any atom is 0.318 e. The second-order valence-electron chi connectivity index (χ2n) is 3.35. The molecule has 0 radical (unpaired) electrons. The Kier molecular flexibility index (Phi) is 4.37. The number of nitrogens with one attached hydrogen (secondary N) is 1. The van der Waals surface area contributed by atoms with Gasteiger partial charge in [-0.15, -0.1) is 0 Å². The molecular weight excluding hydrogens is 222 g/mol.